The molecular weight excluding hydrogens is 188 g/mol. The van der Waals surface area contributed by atoms with Crippen molar-refractivity contribution < 1.29 is 4.80 Å². The lowest BCUT2D eigenvalue weighted by molar-refractivity contribution is 0.615. The molecule has 2 rings (SSSR count). The topological polar surface area (TPSA) is 20.2 Å². The van der Waals surface area contributed by atoms with Crippen molar-refractivity contribution in [2.24, 2.45) is 0 Å². The van der Waals surface area contributed by atoms with E-state index in [1.807, 2.05) is 42.5 Å². The zero-order valence-corrected chi connectivity index (χ0v) is 8.64. The van der Waals surface area contributed by atoms with Crippen LogP contribution in [-0.4, -0.2) is 14.6 Å². The van der Waals surface area contributed by atoms with Crippen LogP contribution in [0.15, 0.2) is 54.6 Å². The lowest BCUT2D eigenvalue weighted by Gasteiger charge is -2.01. The van der Waals surface area contributed by atoms with E-state index in [1.165, 1.54) is 11.1 Å². The number of rotatable bonds is 2. The summed E-state index contributed by atoms with van der Waals surface area (Å²) in [7, 11) is -0.116. The number of hydrogen-bond acceptors (Lipinski definition) is 1. The van der Waals surface area contributed by atoms with Gasteiger partial charge in [-0.2, -0.15) is 0 Å². The van der Waals surface area contributed by atoms with Crippen LogP contribution >= 0.6 is 0 Å². The molecule has 0 heterocycles. The third-order valence-corrected chi connectivity index (χ3v) is 2.71. The molecule has 0 spiro atoms. The molecule has 14 heavy (non-hydrogen) atoms. The molecule has 0 unspecified atom stereocenters. The summed E-state index contributed by atoms with van der Waals surface area (Å²) in [5.41, 5.74) is 2.40. The predicted molar refractivity (Wildman–Crippen MR) is 59.5 cm³/mol. The van der Waals surface area contributed by atoms with Gasteiger partial charge in [-0.05, 0) is 16.3 Å². The lowest BCUT2D eigenvalue weighted by atomic mass is 10.1. The molecule has 0 saturated carbocycles. The van der Waals surface area contributed by atoms with E-state index in [0.717, 1.165) is 5.19 Å². The van der Waals surface area contributed by atoms with Crippen LogP contribution in [0, 0.1) is 0 Å². The van der Waals surface area contributed by atoms with Gasteiger partial charge in [0.15, 0.2) is 0 Å². The summed E-state index contributed by atoms with van der Waals surface area (Å²) in [5.74, 6) is 0. The maximum atomic E-state index is 8.93. The maximum absolute atomic E-state index is 8.93. The summed E-state index contributed by atoms with van der Waals surface area (Å²) in [6.45, 7) is 0. The van der Waals surface area contributed by atoms with Gasteiger partial charge in [0.25, 0.3) is 9.76 Å². The molecule has 0 fully saturated rings. The summed E-state index contributed by atoms with van der Waals surface area (Å²) in [6.07, 6.45) is 0. The molecule has 0 saturated heterocycles. The van der Waals surface area contributed by atoms with Crippen LogP contribution in [0.3, 0.4) is 0 Å². The van der Waals surface area contributed by atoms with Crippen LogP contribution in [0.25, 0.3) is 11.1 Å². The van der Waals surface area contributed by atoms with Crippen molar-refractivity contribution in [3.8, 4) is 11.1 Å². The van der Waals surface area contributed by atoms with Gasteiger partial charge in [-0.3, -0.25) is 0 Å². The standard InChI is InChI=1S/C12H10OSi/c13-14-12-8-6-11(7-9-12)10-4-2-1-3-5-10/h1-9,13H. The summed E-state index contributed by atoms with van der Waals surface area (Å²) in [6, 6.07) is 18.2. The van der Waals surface area contributed by atoms with E-state index >= 15 is 0 Å². The van der Waals surface area contributed by atoms with Crippen molar-refractivity contribution in [1.29, 1.82) is 0 Å². The van der Waals surface area contributed by atoms with Gasteiger partial charge in [0.1, 0.15) is 0 Å². The van der Waals surface area contributed by atoms with Crippen LogP contribution in [-0.2, 0) is 0 Å². The molecular formula is C12H10OSi. The minimum atomic E-state index is -0.116. The smallest absolute Gasteiger partial charge is 0.265 e. The van der Waals surface area contributed by atoms with Crippen molar-refractivity contribution in [2.45, 2.75) is 0 Å². The molecule has 0 bridgehead atoms. The Balaban J connectivity index is 2.34. The van der Waals surface area contributed by atoms with Gasteiger partial charge in [-0.1, -0.05) is 54.6 Å². The van der Waals surface area contributed by atoms with E-state index in [-0.39, 0.29) is 9.76 Å². The highest BCUT2D eigenvalue weighted by Crippen LogP contribution is 2.16. The molecule has 0 aliphatic carbocycles. The Morgan fingerprint density at radius 1 is 0.714 bits per heavy atom. The SMILES string of the molecule is O[Si]c1ccc(-c2ccccc2)cc1. The van der Waals surface area contributed by atoms with Crippen molar-refractivity contribution in [2.75, 3.05) is 0 Å². The van der Waals surface area contributed by atoms with E-state index in [9.17, 15) is 0 Å². The van der Waals surface area contributed by atoms with Gasteiger partial charge in [-0.25, -0.2) is 0 Å². The molecule has 2 radical (unpaired) electrons. The Morgan fingerprint density at radius 2 is 1.29 bits per heavy atom. The highest BCUT2D eigenvalue weighted by atomic mass is 28.2. The Hall–Kier alpha value is -1.38. The average molecular weight is 198 g/mol. The minimum absolute atomic E-state index is 0.116. The number of benzene rings is 2. The third-order valence-electron chi connectivity index (χ3n) is 2.12. The monoisotopic (exact) mass is 198 g/mol. The van der Waals surface area contributed by atoms with Crippen LogP contribution < -0.4 is 5.19 Å². The van der Waals surface area contributed by atoms with Gasteiger partial charge in [0.05, 0.1) is 0 Å². The summed E-state index contributed by atoms with van der Waals surface area (Å²) in [5, 5.41) is 0.977. The largest absolute Gasteiger partial charge is 0.428 e. The quantitative estimate of drug-likeness (QED) is 0.727. The molecule has 0 amide bonds. The molecule has 0 aliphatic rings. The normalized spacial score (nSPS) is 10.1. The highest BCUT2D eigenvalue weighted by Gasteiger charge is 1.96. The molecule has 2 aromatic rings. The van der Waals surface area contributed by atoms with E-state index in [4.69, 9.17) is 4.80 Å². The van der Waals surface area contributed by atoms with Gasteiger partial charge in [0.2, 0.25) is 0 Å². The second-order valence-electron chi connectivity index (χ2n) is 3.06. The molecule has 1 nitrogen and oxygen atoms in total. The Kier molecular flexibility index (Phi) is 2.77. The molecule has 68 valence electrons. The van der Waals surface area contributed by atoms with Gasteiger partial charge in [-0.15, -0.1) is 0 Å². The second-order valence-corrected chi connectivity index (χ2v) is 3.86. The maximum Gasteiger partial charge on any atom is 0.265 e. The third kappa shape index (κ3) is 1.92. The van der Waals surface area contributed by atoms with Crippen LogP contribution in [0.1, 0.15) is 0 Å². The zero-order valence-electron chi connectivity index (χ0n) is 7.64. The van der Waals surface area contributed by atoms with Crippen LogP contribution in [0.5, 0.6) is 0 Å². The average Bonchev–Trinajstić information content (AvgIpc) is 2.30. The molecule has 0 aliphatic heterocycles. The first-order valence-electron chi connectivity index (χ1n) is 4.46. The first-order valence-corrected chi connectivity index (χ1v) is 5.40. The van der Waals surface area contributed by atoms with E-state index in [1.54, 1.807) is 0 Å². The minimum Gasteiger partial charge on any atom is -0.428 e. The Bertz CT molecular complexity index is 394. The number of hydrogen-bond donors (Lipinski definition) is 1. The first kappa shape index (κ1) is 9.18. The Labute approximate surface area is 86.0 Å². The summed E-state index contributed by atoms with van der Waals surface area (Å²) < 4.78 is 0. The fraction of sp³-hybridized carbons (Fsp3) is 0. The summed E-state index contributed by atoms with van der Waals surface area (Å²) >= 11 is 0. The molecule has 0 aromatic heterocycles. The zero-order chi connectivity index (χ0) is 9.80. The fourth-order valence-electron chi connectivity index (χ4n) is 1.37. The summed E-state index contributed by atoms with van der Waals surface area (Å²) in [4.78, 5) is 8.93. The van der Waals surface area contributed by atoms with Crippen molar-refractivity contribution in [1.82, 2.24) is 0 Å². The fourth-order valence-corrected chi connectivity index (χ4v) is 1.68. The molecule has 1 N–H and O–H groups in total. The van der Waals surface area contributed by atoms with Crippen LogP contribution in [0.2, 0.25) is 0 Å². The first-order chi connectivity index (χ1) is 6.90. The van der Waals surface area contributed by atoms with Crippen molar-refractivity contribution in [3.63, 3.8) is 0 Å². The Morgan fingerprint density at radius 3 is 1.86 bits per heavy atom. The highest BCUT2D eigenvalue weighted by molar-refractivity contribution is 6.45. The predicted octanol–water partition coefficient (Wildman–Crippen LogP) is 1.59. The second kappa shape index (κ2) is 4.22. The molecule has 2 aromatic carbocycles. The lowest BCUT2D eigenvalue weighted by Crippen LogP contribution is -2.11. The van der Waals surface area contributed by atoms with Crippen LogP contribution in [0.4, 0.5) is 0 Å². The van der Waals surface area contributed by atoms with E-state index < -0.39 is 0 Å². The van der Waals surface area contributed by atoms with Gasteiger partial charge >= 0.3 is 0 Å². The van der Waals surface area contributed by atoms with Crippen molar-refractivity contribution >= 4 is 14.9 Å². The molecule has 2 heteroatoms. The van der Waals surface area contributed by atoms with E-state index in [0.29, 0.717) is 0 Å². The van der Waals surface area contributed by atoms with E-state index in [2.05, 4.69) is 12.1 Å². The molecule has 0 atom stereocenters. The van der Waals surface area contributed by atoms with Crippen molar-refractivity contribution in [3.05, 3.63) is 54.6 Å². The van der Waals surface area contributed by atoms with Gasteiger partial charge < -0.3 is 4.80 Å². The van der Waals surface area contributed by atoms with Gasteiger partial charge in [0, 0.05) is 0 Å².